The van der Waals surface area contributed by atoms with Gasteiger partial charge in [0, 0.05) is 140 Å². The molecule has 3 aromatic carbocycles. The molecule has 0 spiro atoms. The van der Waals surface area contributed by atoms with E-state index in [9.17, 15) is 0 Å². The van der Waals surface area contributed by atoms with Crippen molar-refractivity contribution in [2.75, 3.05) is 29.4 Å². The van der Waals surface area contributed by atoms with Crippen LogP contribution >= 0.6 is 0 Å². The molecule has 3 radical (unpaired) electrons. The summed E-state index contributed by atoms with van der Waals surface area (Å²) in [5.74, 6) is 5.47. The van der Waals surface area contributed by atoms with Crippen LogP contribution in [0.15, 0.2) is 183 Å². The molecule has 3 aliphatic rings. The Bertz CT molecular complexity index is 2370. The van der Waals surface area contributed by atoms with Gasteiger partial charge in [-0.25, -0.2) is 34.9 Å². The average Bonchev–Trinajstić information content (AvgIpc) is 4.09. The molecule has 0 fully saturated rings. The topological polar surface area (TPSA) is 135 Å². The van der Waals surface area contributed by atoms with E-state index in [4.69, 9.17) is 0 Å². The predicted octanol–water partition coefficient (Wildman–Crippen LogP) is 9.24. The van der Waals surface area contributed by atoms with Crippen LogP contribution in [0, 0.1) is 38.2 Å². The van der Waals surface area contributed by atoms with Crippen molar-refractivity contribution in [3.63, 3.8) is 0 Å². The fraction of sp³-hybridized carbons (Fsp3) is 0. The summed E-state index contributed by atoms with van der Waals surface area (Å²) in [6.07, 6.45) is 19.0. The Kier molecular flexibility index (Phi) is 15.9. The Morgan fingerprint density at radius 2 is 0.742 bits per heavy atom. The van der Waals surface area contributed by atoms with E-state index in [1.54, 1.807) is 68.2 Å². The van der Waals surface area contributed by atoms with E-state index < -0.39 is 0 Å². The molecule has 0 bridgehead atoms. The molecular weight excluding hydrogens is 1360 g/mol. The molecule has 0 amide bonds. The molecule has 0 unspecified atom stereocenters. The van der Waals surface area contributed by atoms with Crippen LogP contribution in [0.2, 0.25) is 0 Å². The fourth-order valence-electron chi connectivity index (χ4n) is 6.84. The number of rotatable bonds is 6. The minimum absolute atomic E-state index is 0. The Labute approximate surface area is 422 Å². The normalized spacial score (nSPS) is 12.7. The number of anilines is 12. The summed E-state index contributed by atoms with van der Waals surface area (Å²) in [5, 5.41) is 0. The number of aromatic nitrogens is 9. The predicted molar refractivity (Wildman–Crippen MR) is 240 cm³/mol. The maximum atomic E-state index is 4.45. The van der Waals surface area contributed by atoms with Crippen LogP contribution in [0.1, 0.15) is 0 Å². The number of pyridine rings is 3. The van der Waals surface area contributed by atoms with Crippen LogP contribution in [0.5, 0.6) is 0 Å². The molecule has 66 heavy (non-hydrogen) atoms. The summed E-state index contributed by atoms with van der Waals surface area (Å²) in [5.41, 5.74) is 4.70. The quantitative estimate of drug-likeness (QED) is 0.146. The van der Waals surface area contributed by atoms with E-state index in [1.165, 1.54) is 0 Å². The minimum Gasteiger partial charge on any atom is -0.477 e. The first-order valence-corrected chi connectivity index (χ1v) is 19.6. The van der Waals surface area contributed by atoms with Gasteiger partial charge in [-0.1, -0.05) is 6.07 Å². The van der Waals surface area contributed by atoms with E-state index in [2.05, 4.69) is 63.1 Å². The first-order valence-electron chi connectivity index (χ1n) is 19.6. The van der Waals surface area contributed by atoms with Crippen molar-refractivity contribution >= 4 is 69.2 Å². The van der Waals surface area contributed by atoms with Gasteiger partial charge in [0.2, 0.25) is 0 Å². The Morgan fingerprint density at radius 3 is 1.15 bits per heavy atom. The van der Waals surface area contributed by atoms with Crippen molar-refractivity contribution in [1.82, 2.24) is 44.9 Å². The van der Waals surface area contributed by atoms with Crippen molar-refractivity contribution in [2.45, 2.75) is 0 Å². The zero-order chi connectivity index (χ0) is 42.2. The monoisotopic (exact) mass is 1400 g/mol. The molecule has 0 saturated carbocycles. The summed E-state index contributed by atoms with van der Waals surface area (Å²) in [4.78, 5) is 51.0. The zero-order valence-corrected chi connectivity index (χ0v) is 41.4. The number of benzene rings is 3. The first kappa shape index (κ1) is 47.1. The molecule has 12 rings (SSSR count). The van der Waals surface area contributed by atoms with Crippen molar-refractivity contribution in [1.29, 1.82) is 0 Å². The summed E-state index contributed by atoms with van der Waals surface area (Å²) in [7, 11) is 0. The third-order valence-corrected chi connectivity index (χ3v) is 9.66. The molecule has 15 nitrogen and oxygen atoms in total. The fourth-order valence-corrected chi connectivity index (χ4v) is 6.84. The molecule has 9 aromatic rings. The van der Waals surface area contributed by atoms with Crippen LogP contribution < -0.4 is 29.4 Å². The van der Waals surface area contributed by atoms with Gasteiger partial charge in [0.15, 0.2) is 0 Å². The van der Waals surface area contributed by atoms with E-state index in [1.807, 2.05) is 165 Å². The maximum absolute atomic E-state index is 4.45. The second-order valence-corrected chi connectivity index (χ2v) is 13.5. The van der Waals surface area contributed by atoms with E-state index in [0.29, 0.717) is 0 Å². The van der Waals surface area contributed by atoms with Gasteiger partial charge in [0.25, 0.3) is 0 Å². The van der Waals surface area contributed by atoms with E-state index >= 15 is 0 Å². The second kappa shape index (κ2) is 22.3. The molecule has 0 N–H and O–H groups in total. The van der Waals surface area contributed by atoms with Crippen LogP contribution in [0.4, 0.5) is 69.2 Å². The summed E-state index contributed by atoms with van der Waals surface area (Å²) >= 11 is 0. The van der Waals surface area contributed by atoms with Crippen LogP contribution in [0.25, 0.3) is 0 Å². The summed E-state index contributed by atoms with van der Waals surface area (Å²) in [6.45, 7) is 5.85. The van der Waals surface area contributed by atoms with Gasteiger partial charge in [0.1, 0.15) is 40.7 Å². The number of hydrogen-bond acceptors (Lipinski definition) is 15. The van der Waals surface area contributed by atoms with Crippen LogP contribution in [-0.4, -0.2) is 44.9 Å². The third-order valence-electron chi connectivity index (χ3n) is 9.66. The average molecular weight is 1400 g/mol. The molecule has 3 aliphatic heterocycles. The second-order valence-electron chi connectivity index (χ2n) is 13.5. The molecule has 18 heteroatoms. The maximum Gasteiger partial charge on any atom is 0.146 e. The van der Waals surface area contributed by atoms with Crippen LogP contribution in [0.3, 0.4) is 0 Å². The van der Waals surface area contributed by atoms with Crippen LogP contribution in [-0.2, 0) is 60.3 Å². The molecule has 0 aliphatic carbocycles. The molecular formula is C48H33Ir3N15-6. The van der Waals surface area contributed by atoms with Gasteiger partial charge in [0.05, 0.1) is 0 Å². The molecule has 6 aromatic heterocycles. The first-order chi connectivity index (χ1) is 31.3. The third kappa shape index (κ3) is 9.99. The SMILES string of the molecule is [Ir].[Ir].[Ir].[c-]1ccccc1N1[CH-]N(c2ccccn2)c2nccnc21.[c-]1ccccc1N1[CH-]N(c2cccnc2)c2nccnc21.[c-]1ccccc1N1[CH-]N(c2ccncc2)c2nccnc21. The molecule has 0 saturated heterocycles. The van der Waals surface area contributed by atoms with E-state index in [-0.39, 0.29) is 60.3 Å². The Hall–Kier alpha value is -6.90. The van der Waals surface area contributed by atoms with Crippen molar-refractivity contribution < 1.29 is 60.3 Å². The Balaban J connectivity index is 0.000000144. The van der Waals surface area contributed by atoms with Gasteiger partial charge in [-0.3, -0.25) is 9.97 Å². The number of para-hydroxylation sites is 3. The standard InChI is InChI=1S/3C16H11N5.3Ir/c1-2-6-13(7-3-1)20-12-21(14-8-4-5-9-17-14)16-15(20)18-10-11-19-16;1-2-5-13(6-3-1)20-12-21(14-7-4-8-17-11-14)16-15(20)18-9-10-19-16;1-2-4-13(5-3-1)20-12-21(14-6-8-17-9-7-14)16-15(20)18-10-11-19-16;;;/h1-6,8-12H;1-5,7-12H;1-4,6-12H;;;/q3*-2;;;. The van der Waals surface area contributed by atoms with Crippen molar-refractivity contribution in [2.24, 2.45) is 0 Å². The number of fused-ring (bicyclic) bond motifs is 3. The molecule has 9 heterocycles. The summed E-state index contributed by atoms with van der Waals surface area (Å²) in [6, 6.07) is 46.5. The van der Waals surface area contributed by atoms with Crippen molar-refractivity contribution in [3.05, 3.63) is 222 Å². The minimum atomic E-state index is 0. The number of hydrogen-bond donors (Lipinski definition) is 0. The molecule has 0 atom stereocenters. The van der Waals surface area contributed by atoms with Gasteiger partial charge < -0.3 is 29.4 Å². The van der Waals surface area contributed by atoms with E-state index in [0.717, 1.165) is 69.2 Å². The number of nitrogens with zero attached hydrogens (tertiary/aromatic N) is 15. The van der Waals surface area contributed by atoms with Gasteiger partial charge >= 0.3 is 0 Å². The van der Waals surface area contributed by atoms with Gasteiger partial charge in [-0.15, -0.1) is 37.1 Å². The van der Waals surface area contributed by atoms with Crippen molar-refractivity contribution in [3.8, 4) is 0 Å². The van der Waals surface area contributed by atoms with Gasteiger partial charge in [-0.2, -0.15) is 91.0 Å². The molecule has 333 valence electrons. The largest absolute Gasteiger partial charge is 0.477 e. The van der Waals surface area contributed by atoms with Gasteiger partial charge in [-0.05, 0) is 36.4 Å². The zero-order valence-electron chi connectivity index (χ0n) is 34.3. The summed E-state index contributed by atoms with van der Waals surface area (Å²) < 4.78 is 0. The smallest absolute Gasteiger partial charge is 0.146 e. The Morgan fingerprint density at radius 1 is 0.318 bits per heavy atom.